The zero-order chi connectivity index (χ0) is 21.1. The minimum Gasteiger partial charge on any atom is -0.507 e. The number of hydrogen-bond donors (Lipinski definition) is 2. The number of aliphatic hydroxyl groups excluding tert-OH is 2. The van der Waals surface area contributed by atoms with E-state index in [1.807, 2.05) is 0 Å². The van der Waals surface area contributed by atoms with Gasteiger partial charge in [0.05, 0.1) is 32.4 Å². The van der Waals surface area contributed by atoms with Crippen molar-refractivity contribution in [3.8, 4) is 11.5 Å². The number of Topliss-reactive ketones (excluding diaryl/α,β-unsaturated/α-hetero) is 1. The van der Waals surface area contributed by atoms with Gasteiger partial charge in [-0.05, 0) is 36.4 Å². The molecule has 2 aromatic carbocycles. The highest BCUT2D eigenvalue weighted by atomic mass is 35.5. The van der Waals surface area contributed by atoms with Crippen LogP contribution in [0.4, 0.5) is 0 Å². The summed E-state index contributed by atoms with van der Waals surface area (Å²) in [6.07, 6.45) is 0. The average molecular weight is 418 g/mol. The van der Waals surface area contributed by atoms with Crippen molar-refractivity contribution in [1.82, 2.24) is 4.90 Å². The fraction of sp³-hybridized carbons (Fsp3) is 0.238. The van der Waals surface area contributed by atoms with Crippen molar-refractivity contribution >= 4 is 29.1 Å². The Kier molecular flexibility index (Phi) is 6.10. The number of β-amino-alcohol motifs (C(OH)–C–C–N with tert-alkyl or cyclic N) is 1. The molecule has 0 aliphatic carbocycles. The Hall–Kier alpha value is -3.03. The topological polar surface area (TPSA) is 96.3 Å². The molecule has 0 radical (unpaired) electrons. The molecule has 1 fully saturated rings. The number of methoxy groups -OCH3 is 2. The molecule has 2 aromatic rings. The zero-order valence-electron chi connectivity index (χ0n) is 15.9. The number of carbonyl (C=O) groups is 2. The number of carbonyl (C=O) groups excluding carboxylic acids is 2. The minimum atomic E-state index is -0.932. The van der Waals surface area contributed by atoms with E-state index in [2.05, 4.69) is 0 Å². The highest BCUT2D eigenvalue weighted by Gasteiger charge is 2.46. The van der Waals surface area contributed by atoms with Gasteiger partial charge in [0, 0.05) is 28.8 Å². The molecule has 8 heteroatoms. The first kappa shape index (κ1) is 20.7. The van der Waals surface area contributed by atoms with Crippen molar-refractivity contribution in [3.63, 3.8) is 0 Å². The van der Waals surface area contributed by atoms with Crippen LogP contribution in [0.25, 0.3) is 5.76 Å². The molecule has 7 nitrogen and oxygen atoms in total. The molecule has 1 atom stereocenters. The summed E-state index contributed by atoms with van der Waals surface area (Å²) in [6.45, 7) is -0.426. The maximum atomic E-state index is 12.8. The number of likely N-dealkylation sites (tertiary alicyclic amines) is 1. The van der Waals surface area contributed by atoms with Crippen LogP contribution in [0.2, 0.25) is 5.02 Å². The van der Waals surface area contributed by atoms with Gasteiger partial charge >= 0.3 is 0 Å². The molecule has 1 aliphatic rings. The molecule has 1 aliphatic heterocycles. The van der Waals surface area contributed by atoms with Crippen LogP contribution < -0.4 is 9.47 Å². The molecule has 1 saturated heterocycles. The number of nitrogens with zero attached hydrogens (tertiary/aromatic N) is 1. The number of ketones is 1. The Balaban J connectivity index is 2.23. The van der Waals surface area contributed by atoms with Crippen molar-refractivity contribution in [2.24, 2.45) is 0 Å². The van der Waals surface area contributed by atoms with E-state index >= 15 is 0 Å². The molecule has 152 valence electrons. The number of hydrogen-bond acceptors (Lipinski definition) is 6. The van der Waals surface area contributed by atoms with E-state index in [1.54, 1.807) is 42.5 Å². The van der Waals surface area contributed by atoms with Crippen LogP contribution in [0, 0.1) is 0 Å². The van der Waals surface area contributed by atoms with Gasteiger partial charge in [-0.15, -0.1) is 0 Å². The van der Waals surface area contributed by atoms with E-state index in [-0.39, 0.29) is 24.5 Å². The SMILES string of the molecule is COc1ccc([C@H]2C(=C(O)c3ccc(Cl)cc3)C(=O)C(=O)N2CCO)c(OC)c1. The molecule has 1 heterocycles. The monoisotopic (exact) mass is 417 g/mol. The first-order valence-corrected chi connectivity index (χ1v) is 9.17. The lowest BCUT2D eigenvalue weighted by Crippen LogP contribution is -2.32. The summed E-state index contributed by atoms with van der Waals surface area (Å²) < 4.78 is 10.6. The Bertz CT molecular complexity index is 970. The number of amides is 1. The second-order valence-electron chi connectivity index (χ2n) is 6.33. The highest BCUT2D eigenvalue weighted by Crippen LogP contribution is 2.43. The van der Waals surface area contributed by atoms with E-state index in [0.29, 0.717) is 27.6 Å². The van der Waals surface area contributed by atoms with E-state index in [1.165, 1.54) is 19.1 Å². The third kappa shape index (κ3) is 3.79. The van der Waals surface area contributed by atoms with Crippen LogP contribution in [0.5, 0.6) is 11.5 Å². The van der Waals surface area contributed by atoms with E-state index in [4.69, 9.17) is 21.1 Å². The first-order valence-electron chi connectivity index (χ1n) is 8.80. The van der Waals surface area contributed by atoms with Gasteiger partial charge in [0.25, 0.3) is 11.7 Å². The van der Waals surface area contributed by atoms with Crippen LogP contribution in [0.15, 0.2) is 48.0 Å². The summed E-state index contributed by atoms with van der Waals surface area (Å²) >= 11 is 5.90. The standard InChI is InChI=1S/C21H20ClNO6/c1-28-14-7-8-15(16(11-14)29-2)18-17(20(26)21(27)23(18)9-10-24)19(25)12-3-5-13(22)6-4-12/h3-8,11,18,24-25H,9-10H2,1-2H3/t18-/m0/s1. The number of ether oxygens (including phenoxy) is 2. The number of aliphatic hydroxyl groups is 2. The van der Waals surface area contributed by atoms with Crippen LogP contribution in [0.1, 0.15) is 17.2 Å². The molecule has 3 rings (SSSR count). The molecule has 0 aromatic heterocycles. The Labute approximate surface area is 172 Å². The van der Waals surface area contributed by atoms with Crippen molar-refractivity contribution in [3.05, 3.63) is 64.2 Å². The van der Waals surface area contributed by atoms with Gasteiger partial charge < -0.3 is 24.6 Å². The van der Waals surface area contributed by atoms with Crippen LogP contribution >= 0.6 is 11.6 Å². The normalized spacial score (nSPS) is 18.2. The summed E-state index contributed by atoms with van der Waals surface area (Å²) in [5, 5.41) is 20.8. The molecule has 0 unspecified atom stereocenters. The molecular weight excluding hydrogens is 398 g/mol. The maximum absolute atomic E-state index is 12.8. The summed E-state index contributed by atoms with van der Waals surface area (Å²) in [7, 11) is 2.96. The fourth-order valence-corrected chi connectivity index (χ4v) is 3.48. The Morgan fingerprint density at radius 3 is 2.38 bits per heavy atom. The van der Waals surface area contributed by atoms with Crippen molar-refractivity contribution in [2.75, 3.05) is 27.4 Å². The molecule has 2 N–H and O–H groups in total. The van der Waals surface area contributed by atoms with Crippen LogP contribution in [0.3, 0.4) is 0 Å². The highest BCUT2D eigenvalue weighted by molar-refractivity contribution is 6.46. The van der Waals surface area contributed by atoms with Crippen molar-refractivity contribution < 1.29 is 29.3 Å². The van der Waals surface area contributed by atoms with E-state index in [0.717, 1.165) is 0 Å². The predicted molar refractivity (Wildman–Crippen MR) is 107 cm³/mol. The number of benzene rings is 2. The second-order valence-corrected chi connectivity index (χ2v) is 6.77. The van der Waals surface area contributed by atoms with Crippen LogP contribution in [-0.4, -0.2) is 54.2 Å². The van der Waals surface area contributed by atoms with Crippen molar-refractivity contribution in [1.29, 1.82) is 0 Å². The molecule has 0 spiro atoms. The van der Waals surface area contributed by atoms with Crippen LogP contribution in [-0.2, 0) is 9.59 Å². The first-order chi connectivity index (χ1) is 13.9. The number of halogens is 1. The van der Waals surface area contributed by atoms with Crippen molar-refractivity contribution in [2.45, 2.75) is 6.04 Å². The average Bonchev–Trinajstić information content (AvgIpc) is 2.98. The lowest BCUT2D eigenvalue weighted by atomic mass is 9.94. The van der Waals surface area contributed by atoms with Gasteiger partial charge in [-0.1, -0.05) is 11.6 Å². The second kappa shape index (κ2) is 8.55. The van der Waals surface area contributed by atoms with Gasteiger partial charge in [-0.3, -0.25) is 9.59 Å². The molecular formula is C21H20ClNO6. The lowest BCUT2D eigenvalue weighted by Gasteiger charge is -2.26. The van der Waals surface area contributed by atoms with E-state index < -0.39 is 17.7 Å². The zero-order valence-corrected chi connectivity index (χ0v) is 16.6. The van der Waals surface area contributed by atoms with Gasteiger partial charge in [-0.2, -0.15) is 0 Å². The Morgan fingerprint density at radius 1 is 1.10 bits per heavy atom. The minimum absolute atomic E-state index is 0.0815. The quantitative estimate of drug-likeness (QED) is 0.426. The summed E-state index contributed by atoms with van der Waals surface area (Å²) in [5.74, 6) is -1.07. The smallest absolute Gasteiger partial charge is 0.295 e. The van der Waals surface area contributed by atoms with Gasteiger partial charge in [0.2, 0.25) is 0 Å². The molecule has 0 saturated carbocycles. The Morgan fingerprint density at radius 2 is 1.79 bits per heavy atom. The largest absolute Gasteiger partial charge is 0.507 e. The van der Waals surface area contributed by atoms with E-state index in [9.17, 15) is 19.8 Å². The fourth-order valence-electron chi connectivity index (χ4n) is 3.35. The summed E-state index contributed by atoms with van der Waals surface area (Å²) in [6, 6.07) is 10.3. The number of rotatable bonds is 6. The molecule has 0 bridgehead atoms. The summed E-state index contributed by atoms with van der Waals surface area (Å²) in [5.41, 5.74) is 0.736. The third-order valence-corrected chi connectivity index (χ3v) is 4.99. The molecule has 1 amide bonds. The maximum Gasteiger partial charge on any atom is 0.295 e. The van der Waals surface area contributed by atoms with Gasteiger partial charge in [0.15, 0.2) is 0 Å². The van der Waals surface area contributed by atoms with Gasteiger partial charge in [0.1, 0.15) is 17.3 Å². The van der Waals surface area contributed by atoms with Gasteiger partial charge in [-0.25, -0.2) is 0 Å². The molecule has 29 heavy (non-hydrogen) atoms. The summed E-state index contributed by atoms with van der Waals surface area (Å²) in [4.78, 5) is 26.6. The predicted octanol–water partition coefficient (Wildman–Crippen LogP) is 2.77. The lowest BCUT2D eigenvalue weighted by molar-refractivity contribution is -0.140. The third-order valence-electron chi connectivity index (χ3n) is 4.73.